The molecule has 0 amide bonds. The Morgan fingerprint density at radius 3 is 2.80 bits per heavy atom. The van der Waals surface area contributed by atoms with Gasteiger partial charge in [-0.05, 0) is 0 Å². The van der Waals surface area contributed by atoms with E-state index in [1.54, 1.807) is 0 Å². The summed E-state index contributed by atoms with van der Waals surface area (Å²) in [5, 5.41) is 8.20. The van der Waals surface area contributed by atoms with E-state index in [-0.39, 0.29) is 7.92 Å². The van der Waals surface area contributed by atoms with Gasteiger partial charge in [0.05, 0.1) is 0 Å². The van der Waals surface area contributed by atoms with Crippen molar-refractivity contribution in [3.8, 4) is 5.63 Å². The van der Waals surface area contributed by atoms with Crippen molar-refractivity contribution in [2.75, 3.05) is 0 Å². The monoisotopic (exact) mass is 159 g/mol. The predicted molar refractivity (Wildman–Crippen MR) is 36.2 cm³/mol. The average Bonchev–Trinajstić information content (AvgIpc) is 1.88. The third kappa shape index (κ3) is 4.10. The Balaban J connectivity index is 3.97. The molecule has 0 aromatic carbocycles. The van der Waals surface area contributed by atoms with Crippen molar-refractivity contribution in [1.29, 1.82) is 0 Å². The first-order chi connectivity index (χ1) is 4.68. The molecule has 10 heavy (non-hydrogen) atoms. The molecular weight excluding hydrogens is 153 g/mol. The van der Waals surface area contributed by atoms with Crippen molar-refractivity contribution in [3.63, 3.8) is 0 Å². The van der Waals surface area contributed by atoms with Gasteiger partial charge >= 0.3 is 57.9 Å². The van der Waals surface area contributed by atoms with Crippen LogP contribution in [0.2, 0.25) is 0 Å². The normalized spacial score (nSPS) is 12.5. The fourth-order valence-electron chi connectivity index (χ4n) is 0.259. The quantitative estimate of drug-likeness (QED) is 0.564. The van der Waals surface area contributed by atoms with E-state index in [4.69, 9.17) is 10.8 Å². The van der Waals surface area contributed by atoms with Crippen molar-refractivity contribution in [3.05, 3.63) is 12.2 Å². The molecule has 1 unspecified atom stereocenters. The third-order valence-corrected chi connectivity index (χ3v) is 0.970. The van der Waals surface area contributed by atoms with Gasteiger partial charge in [-0.1, -0.05) is 0 Å². The second-order valence-corrected chi connectivity index (χ2v) is 1.88. The average molecular weight is 159 g/mol. The summed E-state index contributed by atoms with van der Waals surface area (Å²) in [4.78, 5) is 10.0. The van der Waals surface area contributed by atoms with Gasteiger partial charge in [0.15, 0.2) is 0 Å². The van der Waals surface area contributed by atoms with Crippen LogP contribution in [0.15, 0.2) is 12.2 Å². The van der Waals surface area contributed by atoms with Crippen LogP contribution >= 0.6 is 7.92 Å². The number of hydrogen-bond acceptors (Lipinski definition) is 3. The molecule has 0 aromatic rings. The molecule has 5 heteroatoms. The maximum absolute atomic E-state index is 10.0. The summed E-state index contributed by atoms with van der Waals surface area (Å²) in [5.41, 5.74) is 7.25. The molecule has 0 aliphatic carbocycles. The number of nitrogens with two attached hydrogens (primary N) is 1. The van der Waals surface area contributed by atoms with Crippen LogP contribution in [0.1, 0.15) is 0 Å². The number of aliphatic carboxylic acids is 1. The number of allylic oxidation sites excluding steroid dienone is 1. The van der Waals surface area contributed by atoms with E-state index in [1.165, 1.54) is 12.2 Å². The zero-order chi connectivity index (χ0) is 7.98. The van der Waals surface area contributed by atoms with Gasteiger partial charge < -0.3 is 0 Å². The Morgan fingerprint density at radius 2 is 2.40 bits per heavy atom. The molecule has 0 bridgehead atoms. The van der Waals surface area contributed by atoms with E-state index >= 15 is 0 Å². The fraction of sp³-hybridized carbons (Fsp3) is 0.200. The molecule has 0 aliphatic heterocycles. The zero-order valence-electron chi connectivity index (χ0n) is 5.02. The summed E-state index contributed by atoms with van der Waals surface area (Å²) in [7, 11) is -0.282. The van der Waals surface area contributed by atoms with Gasteiger partial charge in [-0.25, -0.2) is 0 Å². The van der Waals surface area contributed by atoms with Crippen molar-refractivity contribution >= 4 is 13.9 Å². The summed E-state index contributed by atoms with van der Waals surface area (Å²) in [6.07, 6.45) is 2.40. The molecule has 0 rings (SSSR count). The Labute approximate surface area is 58.8 Å². The van der Waals surface area contributed by atoms with Crippen LogP contribution in [-0.4, -0.2) is 17.1 Å². The molecule has 0 aliphatic rings. The van der Waals surface area contributed by atoms with E-state index in [2.05, 4.69) is 5.63 Å². The first-order valence-electron chi connectivity index (χ1n) is 2.41. The summed E-state index contributed by atoms with van der Waals surface area (Å²) in [6.45, 7) is 0. The van der Waals surface area contributed by atoms with Crippen molar-refractivity contribution < 1.29 is 14.5 Å². The van der Waals surface area contributed by atoms with Crippen LogP contribution < -0.4 is 5.73 Å². The van der Waals surface area contributed by atoms with Gasteiger partial charge in [0, 0.05) is 0 Å². The van der Waals surface area contributed by atoms with Gasteiger partial charge in [-0.15, -0.1) is 0 Å². The first-order valence-corrected chi connectivity index (χ1v) is 3.22. The maximum atomic E-state index is 10.0. The number of carboxylic acids is 1. The molecule has 3 N–H and O–H groups in total. The Morgan fingerprint density at radius 1 is 1.80 bits per heavy atom. The van der Waals surface area contributed by atoms with Crippen LogP contribution in [0.5, 0.6) is 0 Å². The number of carboxylic acid groups (broad SMARTS) is 1. The predicted octanol–water partition coefficient (Wildman–Crippen LogP) is 0.205. The van der Waals surface area contributed by atoms with E-state index in [0.29, 0.717) is 0 Å². The summed E-state index contributed by atoms with van der Waals surface area (Å²) >= 11 is 0. The molecular formula is C5H6NO3P. The standard InChI is InChI=1S/C5H6NO3P/c6-4(5(7)8)2-1-3-10-9/h1-2,4H,6H2,(H,7,8)/b2-1+. The van der Waals surface area contributed by atoms with Crippen LogP contribution in [0.4, 0.5) is 0 Å². The molecule has 0 saturated carbocycles. The molecule has 54 valence electrons. The van der Waals surface area contributed by atoms with Gasteiger partial charge in [-0.3, -0.25) is 0 Å². The van der Waals surface area contributed by atoms with Crippen LogP contribution in [0.25, 0.3) is 0 Å². The van der Waals surface area contributed by atoms with Gasteiger partial charge in [-0.2, -0.15) is 0 Å². The zero-order valence-corrected chi connectivity index (χ0v) is 5.91. The molecule has 0 spiro atoms. The number of rotatable bonds is 2. The molecule has 4 nitrogen and oxygen atoms in total. The van der Waals surface area contributed by atoms with E-state index in [9.17, 15) is 9.36 Å². The van der Waals surface area contributed by atoms with Gasteiger partial charge in [0.1, 0.15) is 0 Å². The van der Waals surface area contributed by atoms with Crippen LogP contribution in [-0.2, 0) is 9.36 Å². The van der Waals surface area contributed by atoms with E-state index in [0.717, 1.165) is 0 Å². The molecule has 0 heterocycles. The van der Waals surface area contributed by atoms with Crippen molar-refractivity contribution in [2.45, 2.75) is 6.04 Å². The third-order valence-electron chi connectivity index (χ3n) is 0.716. The van der Waals surface area contributed by atoms with Crippen LogP contribution in [0, 0.1) is 5.63 Å². The van der Waals surface area contributed by atoms with Crippen molar-refractivity contribution in [1.82, 2.24) is 0 Å². The Hall–Kier alpha value is -0.820. The van der Waals surface area contributed by atoms with Gasteiger partial charge in [0.2, 0.25) is 0 Å². The minimum absolute atomic E-state index is 0.282. The molecule has 0 aromatic heterocycles. The second kappa shape index (κ2) is 5.00. The Bertz CT molecular complexity index is 241. The summed E-state index contributed by atoms with van der Waals surface area (Å²) < 4.78 is 9.70. The Kier molecular flexibility index (Phi) is 4.59. The molecule has 0 saturated heterocycles. The number of carbonyl (C=O) groups is 1. The van der Waals surface area contributed by atoms with E-state index < -0.39 is 12.0 Å². The number of hydrogen-bond donors (Lipinski definition) is 2. The first kappa shape index (κ1) is 9.18. The summed E-state index contributed by atoms with van der Waals surface area (Å²) in [5.74, 6) is -1.12. The van der Waals surface area contributed by atoms with Crippen molar-refractivity contribution in [2.24, 2.45) is 5.73 Å². The van der Waals surface area contributed by atoms with Crippen LogP contribution in [0.3, 0.4) is 0 Å². The topological polar surface area (TPSA) is 80.4 Å². The SMILES string of the molecule is NC(/C=C/C#P=O)C(=O)O. The molecule has 1 atom stereocenters. The minimum atomic E-state index is -1.12. The molecule has 0 radical (unpaired) electrons. The fourth-order valence-corrected chi connectivity index (χ4v) is 0.406. The summed E-state index contributed by atoms with van der Waals surface area (Å²) in [6, 6.07) is -1.05. The molecule has 0 fully saturated rings. The van der Waals surface area contributed by atoms with Gasteiger partial charge in [0.25, 0.3) is 0 Å². The van der Waals surface area contributed by atoms with E-state index in [1.807, 2.05) is 0 Å². The second-order valence-electron chi connectivity index (χ2n) is 1.44.